The number of esters is 2. The molecule has 4 rings (SSSR count). The molecule has 53 heavy (non-hydrogen) atoms. The zero-order chi connectivity index (χ0) is 40.8. The zero-order valence-corrected chi connectivity index (χ0v) is 30.2. The van der Waals surface area contributed by atoms with E-state index in [0.717, 1.165) is 19.3 Å². The molecule has 22 heteroatoms. The van der Waals surface area contributed by atoms with Gasteiger partial charge >= 0.3 is 45.4 Å². The van der Waals surface area contributed by atoms with Gasteiger partial charge < -0.3 is 33.0 Å². The minimum atomic E-state index is -5.99. The highest BCUT2D eigenvalue weighted by Crippen LogP contribution is 2.50. The van der Waals surface area contributed by atoms with Crippen LogP contribution in [-0.4, -0.2) is 99.9 Å². The number of hydrogen-bond donors (Lipinski definition) is 2. The van der Waals surface area contributed by atoms with Crippen LogP contribution in [-0.2, 0) is 32.3 Å². The van der Waals surface area contributed by atoms with E-state index in [2.05, 4.69) is 9.47 Å². The van der Waals surface area contributed by atoms with Gasteiger partial charge in [-0.25, -0.2) is 0 Å². The first-order valence-electron chi connectivity index (χ1n) is 16.7. The van der Waals surface area contributed by atoms with Crippen LogP contribution in [0.15, 0.2) is 12.2 Å². The summed E-state index contributed by atoms with van der Waals surface area (Å²) >= 11 is 0. The molecule has 3 fully saturated rings. The Morgan fingerprint density at radius 2 is 1.04 bits per heavy atom. The Balaban J connectivity index is 0.000000290. The summed E-state index contributed by atoms with van der Waals surface area (Å²) in [6, 6.07) is 0. The van der Waals surface area contributed by atoms with Crippen LogP contribution in [0.25, 0.3) is 0 Å². The molecule has 310 valence electrons. The summed E-state index contributed by atoms with van der Waals surface area (Å²) in [4.78, 5) is 23.3. The van der Waals surface area contributed by atoms with E-state index in [0.29, 0.717) is 39.1 Å². The van der Waals surface area contributed by atoms with E-state index in [9.17, 15) is 62.3 Å². The lowest BCUT2D eigenvalue weighted by molar-refractivity contribution is -0.376. The van der Waals surface area contributed by atoms with Gasteiger partial charge in [0.2, 0.25) is 0 Å². The van der Waals surface area contributed by atoms with Gasteiger partial charge in [0.15, 0.2) is 0 Å². The lowest BCUT2D eigenvalue weighted by atomic mass is 9.89. The molecule has 3 saturated carbocycles. The van der Waals surface area contributed by atoms with Gasteiger partial charge in [0.05, 0.1) is 11.8 Å². The van der Waals surface area contributed by atoms with E-state index in [1.807, 2.05) is 33.4 Å². The van der Waals surface area contributed by atoms with Crippen LogP contribution in [0.4, 0.5) is 52.7 Å². The molecule has 2 N–H and O–H groups in total. The molecule has 0 saturated heterocycles. The van der Waals surface area contributed by atoms with E-state index in [1.165, 1.54) is 0 Å². The van der Waals surface area contributed by atoms with Gasteiger partial charge in [-0.05, 0) is 76.5 Å². The van der Waals surface area contributed by atoms with Crippen molar-refractivity contribution in [2.75, 3.05) is 33.0 Å². The van der Waals surface area contributed by atoms with Gasteiger partial charge in [0, 0.05) is 26.4 Å². The van der Waals surface area contributed by atoms with E-state index >= 15 is 0 Å². The molecule has 0 aromatic heterocycles. The molecule has 0 radical (unpaired) electrons. The van der Waals surface area contributed by atoms with Crippen LogP contribution in [0.5, 0.6) is 0 Å². The fourth-order valence-corrected chi connectivity index (χ4v) is 8.53. The van der Waals surface area contributed by atoms with Crippen LogP contribution < -0.4 is 0 Å². The number of aliphatic hydroxyl groups is 2. The van der Waals surface area contributed by atoms with Crippen LogP contribution in [0.3, 0.4) is 0 Å². The SMILES string of the molecule is CCO[Si](C)(OCC)OCC.O=C(OCC(O)(C(F)(F)F)C(F)(F)F)C1CC2C=CC1C2.O=C(OCC(O)(C(F)(F)F)C(F)(F)F)C1CC2CCC1C2. The first-order valence-corrected chi connectivity index (χ1v) is 19.0. The molecule has 6 atom stereocenters. The van der Waals surface area contributed by atoms with Crippen LogP contribution in [0.2, 0.25) is 6.55 Å². The van der Waals surface area contributed by atoms with Crippen molar-refractivity contribution in [3.63, 3.8) is 0 Å². The third kappa shape index (κ3) is 11.5. The second kappa shape index (κ2) is 17.8. The quantitative estimate of drug-likeness (QED) is 0.0922. The Labute approximate surface area is 298 Å². The maximum atomic E-state index is 12.4. The molecule has 0 amide bonds. The molecule has 0 aromatic carbocycles. The Kier molecular flexibility index (Phi) is 15.8. The highest BCUT2D eigenvalue weighted by atomic mass is 28.4. The highest BCUT2D eigenvalue weighted by Gasteiger charge is 2.72. The number of hydrogen-bond acceptors (Lipinski definition) is 9. The lowest BCUT2D eigenvalue weighted by Crippen LogP contribution is -2.60. The van der Waals surface area contributed by atoms with E-state index in [1.54, 1.807) is 6.08 Å². The fraction of sp³-hybridized carbons (Fsp3) is 0.871. The maximum absolute atomic E-state index is 12.4. The Morgan fingerprint density at radius 1 is 0.623 bits per heavy atom. The summed E-state index contributed by atoms with van der Waals surface area (Å²) in [6.07, 6.45) is -16.5. The number of ether oxygens (including phenoxy) is 2. The van der Waals surface area contributed by atoms with Gasteiger partial charge in [-0.15, -0.1) is 0 Å². The minimum Gasteiger partial charge on any atom is -0.462 e. The van der Waals surface area contributed by atoms with Crippen molar-refractivity contribution in [3.8, 4) is 0 Å². The first kappa shape index (κ1) is 47.0. The van der Waals surface area contributed by atoms with Crippen LogP contribution in [0, 0.1) is 35.5 Å². The van der Waals surface area contributed by atoms with Gasteiger partial charge in [0.25, 0.3) is 11.2 Å². The standard InChI is InChI=1S/C12H14F6O3.C12H12F6O3.C7H18O3Si/c2*13-11(14,15)10(20,12(16,17)18)5-21-9(19)8-4-6-1-2-7(8)3-6;1-5-8-11(4,9-6-2)10-7-3/h6-8,20H,1-5H2;1-2,6-8,20H,3-5H2;5-7H2,1-4H3. The second-order valence-electron chi connectivity index (χ2n) is 13.3. The number of halogens is 12. The zero-order valence-electron chi connectivity index (χ0n) is 29.2. The summed E-state index contributed by atoms with van der Waals surface area (Å²) in [7, 11) is -2.25. The lowest BCUT2D eigenvalue weighted by Gasteiger charge is -2.32. The van der Waals surface area contributed by atoms with Crippen molar-refractivity contribution in [1.82, 2.24) is 0 Å². The van der Waals surface area contributed by atoms with Crippen molar-refractivity contribution in [1.29, 1.82) is 0 Å². The maximum Gasteiger partial charge on any atom is 0.497 e. The molecule has 0 aromatic rings. The third-order valence-electron chi connectivity index (χ3n) is 9.56. The molecule has 0 spiro atoms. The highest BCUT2D eigenvalue weighted by molar-refractivity contribution is 6.59. The summed E-state index contributed by atoms with van der Waals surface area (Å²) < 4.78 is 173. The van der Waals surface area contributed by atoms with Gasteiger partial charge in [-0.1, -0.05) is 18.6 Å². The monoisotopic (exact) mass is 816 g/mol. The van der Waals surface area contributed by atoms with Crippen LogP contribution in [0.1, 0.15) is 59.3 Å². The molecule has 6 unspecified atom stereocenters. The van der Waals surface area contributed by atoms with E-state index in [4.69, 9.17) is 23.5 Å². The topological polar surface area (TPSA) is 121 Å². The summed E-state index contributed by atoms with van der Waals surface area (Å²) in [6.45, 7) is 5.39. The molecule has 0 aliphatic heterocycles. The van der Waals surface area contributed by atoms with Crippen molar-refractivity contribution in [2.24, 2.45) is 35.5 Å². The minimum absolute atomic E-state index is 0.0348. The predicted octanol–water partition coefficient (Wildman–Crippen LogP) is 7.08. The van der Waals surface area contributed by atoms with Crippen molar-refractivity contribution in [3.05, 3.63) is 12.2 Å². The first-order chi connectivity index (χ1) is 24.1. The fourth-order valence-electron chi connectivity index (χ4n) is 6.71. The van der Waals surface area contributed by atoms with Crippen molar-refractivity contribution >= 4 is 20.7 Å². The third-order valence-corrected chi connectivity index (χ3v) is 12.0. The van der Waals surface area contributed by atoms with Gasteiger partial charge in [-0.2, -0.15) is 52.7 Å². The second-order valence-corrected chi connectivity index (χ2v) is 15.8. The number of fused-ring (bicyclic) bond motifs is 4. The van der Waals surface area contributed by atoms with E-state index in [-0.39, 0.29) is 23.7 Å². The largest absolute Gasteiger partial charge is 0.497 e. The molecule has 4 aliphatic carbocycles. The average Bonchev–Trinajstić information content (AvgIpc) is 3.84. The van der Waals surface area contributed by atoms with Crippen molar-refractivity contribution < 1.29 is 95.2 Å². The predicted molar refractivity (Wildman–Crippen MR) is 160 cm³/mol. The Hall–Kier alpha value is -2.14. The molecule has 4 bridgehead atoms. The molecule has 0 heterocycles. The van der Waals surface area contributed by atoms with Gasteiger partial charge in [0.1, 0.15) is 13.2 Å². The Morgan fingerprint density at radius 3 is 1.32 bits per heavy atom. The average molecular weight is 817 g/mol. The molecule has 9 nitrogen and oxygen atoms in total. The Bertz CT molecular complexity index is 1190. The van der Waals surface area contributed by atoms with Gasteiger partial charge in [-0.3, -0.25) is 9.59 Å². The molecule has 4 aliphatic rings. The summed E-state index contributed by atoms with van der Waals surface area (Å²) in [5.41, 5.74) is -10.1. The number of allylic oxidation sites excluding steroid dienone is 2. The normalized spacial score (nSPS) is 25.8. The number of carbonyl (C=O) groups excluding carboxylic acids is 2. The smallest absolute Gasteiger partial charge is 0.462 e. The number of carbonyl (C=O) groups is 2. The van der Waals surface area contributed by atoms with Crippen LogP contribution >= 0.6 is 0 Å². The summed E-state index contributed by atoms with van der Waals surface area (Å²) in [5, 5.41) is 17.7. The molecular formula is C31H44F12O9Si. The molecular weight excluding hydrogens is 772 g/mol. The summed E-state index contributed by atoms with van der Waals surface area (Å²) in [5.74, 6) is -3.49. The number of rotatable bonds is 12. The number of alkyl halides is 12. The van der Waals surface area contributed by atoms with Crippen molar-refractivity contribution in [2.45, 2.75) is 102 Å². The van der Waals surface area contributed by atoms with E-state index < -0.39 is 81.7 Å².